The first-order valence-corrected chi connectivity index (χ1v) is 11.2. The number of rotatable bonds is 8. The molecule has 8 heteroatoms. The van der Waals surface area contributed by atoms with E-state index in [1.54, 1.807) is 26.4 Å². The highest BCUT2D eigenvalue weighted by Crippen LogP contribution is 2.28. The van der Waals surface area contributed by atoms with E-state index in [1.807, 2.05) is 49.4 Å². The van der Waals surface area contributed by atoms with E-state index in [0.717, 1.165) is 35.9 Å². The number of hydrogen-bond acceptors (Lipinski definition) is 7. The molecular weight excluding hydrogens is 430 g/mol. The van der Waals surface area contributed by atoms with Crippen LogP contribution in [0.2, 0.25) is 0 Å². The number of methoxy groups -OCH3 is 2. The Morgan fingerprint density at radius 1 is 0.941 bits per heavy atom. The van der Waals surface area contributed by atoms with Gasteiger partial charge in [-0.05, 0) is 67.8 Å². The second-order valence-electron chi connectivity index (χ2n) is 8.02. The van der Waals surface area contributed by atoms with Gasteiger partial charge in [0.15, 0.2) is 11.5 Å². The van der Waals surface area contributed by atoms with Gasteiger partial charge in [-0.1, -0.05) is 6.07 Å². The van der Waals surface area contributed by atoms with Crippen molar-refractivity contribution in [3.05, 3.63) is 65.9 Å². The number of nitrogens with zero attached hydrogens (tertiary/aromatic N) is 3. The summed E-state index contributed by atoms with van der Waals surface area (Å²) < 4.78 is 10.5. The van der Waals surface area contributed by atoms with Gasteiger partial charge < -0.3 is 25.0 Å². The first-order valence-electron chi connectivity index (χ1n) is 11.2. The number of amides is 1. The van der Waals surface area contributed by atoms with Gasteiger partial charge in [-0.2, -0.15) is 4.98 Å². The summed E-state index contributed by atoms with van der Waals surface area (Å²) in [5, 5.41) is 6.12. The van der Waals surface area contributed by atoms with Gasteiger partial charge in [0, 0.05) is 42.3 Å². The molecule has 3 aromatic rings. The molecule has 0 unspecified atom stereocenters. The highest BCUT2D eigenvalue weighted by atomic mass is 16.5. The standard InChI is InChI=1S/C26H29N5O3/c1-18-16-24(31-14-4-5-15-31)30-26(27-18)29-21-10-8-20(9-11-21)28-25(32)13-7-19-6-12-22(33-2)23(17-19)34-3/h6-13,16-17H,4-5,14-15H2,1-3H3,(H,28,32)(H,27,29,30)/b13-7+. The molecule has 1 aromatic heterocycles. The molecule has 1 aliphatic rings. The maximum Gasteiger partial charge on any atom is 0.248 e. The number of anilines is 4. The first-order chi connectivity index (χ1) is 16.5. The monoisotopic (exact) mass is 459 g/mol. The van der Waals surface area contributed by atoms with Crippen LogP contribution in [0.25, 0.3) is 6.08 Å². The molecule has 2 N–H and O–H groups in total. The smallest absolute Gasteiger partial charge is 0.248 e. The third kappa shape index (κ3) is 5.83. The van der Waals surface area contributed by atoms with Gasteiger partial charge >= 0.3 is 0 Å². The molecule has 4 rings (SSSR count). The Kier molecular flexibility index (Phi) is 7.27. The van der Waals surface area contributed by atoms with E-state index in [2.05, 4.69) is 25.5 Å². The Morgan fingerprint density at radius 3 is 2.35 bits per heavy atom. The molecule has 34 heavy (non-hydrogen) atoms. The second-order valence-corrected chi connectivity index (χ2v) is 8.02. The fourth-order valence-electron chi connectivity index (χ4n) is 3.79. The SMILES string of the molecule is COc1ccc(/C=C/C(=O)Nc2ccc(Nc3nc(C)cc(N4CCCC4)n3)cc2)cc1OC. The Hall–Kier alpha value is -4.07. The third-order valence-electron chi connectivity index (χ3n) is 5.51. The molecular formula is C26H29N5O3. The molecule has 8 nitrogen and oxygen atoms in total. The zero-order chi connectivity index (χ0) is 23.9. The van der Waals surface area contributed by atoms with Crippen molar-refractivity contribution in [2.24, 2.45) is 0 Å². The van der Waals surface area contributed by atoms with Crippen LogP contribution in [-0.4, -0.2) is 43.2 Å². The number of hydrogen-bond donors (Lipinski definition) is 2. The molecule has 2 aromatic carbocycles. The second kappa shape index (κ2) is 10.7. The van der Waals surface area contributed by atoms with Crippen LogP contribution in [0, 0.1) is 6.92 Å². The lowest BCUT2D eigenvalue weighted by atomic mass is 10.2. The highest BCUT2D eigenvalue weighted by Gasteiger charge is 2.15. The molecule has 0 bridgehead atoms. The van der Waals surface area contributed by atoms with Gasteiger partial charge in [-0.3, -0.25) is 4.79 Å². The molecule has 0 aliphatic carbocycles. The van der Waals surface area contributed by atoms with Crippen molar-refractivity contribution in [2.45, 2.75) is 19.8 Å². The minimum Gasteiger partial charge on any atom is -0.493 e. The van der Waals surface area contributed by atoms with E-state index in [4.69, 9.17) is 9.47 Å². The number of aryl methyl sites for hydroxylation is 1. The van der Waals surface area contributed by atoms with Crippen LogP contribution in [-0.2, 0) is 4.79 Å². The van der Waals surface area contributed by atoms with Gasteiger partial charge in [0.05, 0.1) is 14.2 Å². The Labute approximate surface area is 199 Å². The van der Waals surface area contributed by atoms with Crippen molar-refractivity contribution in [2.75, 3.05) is 42.8 Å². The molecule has 1 amide bonds. The molecule has 1 saturated heterocycles. The molecule has 2 heterocycles. The number of aromatic nitrogens is 2. The van der Waals surface area contributed by atoms with Crippen LogP contribution >= 0.6 is 0 Å². The summed E-state index contributed by atoms with van der Waals surface area (Å²) in [6, 6.07) is 14.9. The number of nitrogens with one attached hydrogen (secondary N) is 2. The van der Waals surface area contributed by atoms with Crippen LogP contribution in [0.1, 0.15) is 24.1 Å². The van der Waals surface area contributed by atoms with Gasteiger partial charge in [-0.15, -0.1) is 0 Å². The number of ether oxygens (including phenoxy) is 2. The van der Waals surface area contributed by atoms with E-state index in [0.29, 0.717) is 23.1 Å². The normalized spacial score (nSPS) is 13.2. The predicted molar refractivity (Wildman–Crippen MR) is 135 cm³/mol. The van der Waals surface area contributed by atoms with E-state index in [1.165, 1.54) is 18.9 Å². The van der Waals surface area contributed by atoms with Crippen molar-refractivity contribution in [1.29, 1.82) is 0 Å². The van der Waals surface area contributed by atoms with Gasteiger partial charge in [0.1, 0.15) is 5.82 Å². The molecule has 1 aliphatic heterocycles. The highest BCUT2D eigenvalue weighted by molar-refractivity contribution is 6.02. The largest absolute Gasteiger partial charge is 0.493 e. The summed E-state index contributed by atoms with van der Waals surface area (Å²) in [6.07, 6.45) is 5.60. The van der Waals surface area contributed by atoms with Crippen molar-refractivity contribution in [3.8, 4) is 11.5 Å². The lowest BCUT2D eigenvalue weighted by Gasteiger charge is -2.17. The summed E-state index contributed by atoms with van der Waals surface area (Å²) in [7, 11) is 3.16. The molecule has 0 atom stereocenters. The van der Waals surface area contributed by atoms with E-state index < -0.39 is 0 Å². The lowest BCUT2D eigenvalue weighted by molar-refractivity contribution is -0.111. The topological polar surface area (TPSA) is 88.6 Å². The lowest BCUT2D eigenvalue weighted by Crippen LogP contribution is -2.19. The number of carbonyl (C=O) groups is 1. The summed E-state index contributed by atoms with van der Waals surface area (Å²) in [6.45, 7) is 4.04. The maximum absolute atomic E-state index is 12.3. The summed E-state index contributed by atoms with van der Waals surface area (Å²) in [4.78, 5) is 23.8. The van der Waals surface area contributed by atoms with Crippen LogP contribution in [0.3, 0.4) is 0 Å². The van der Waals surface area contributed by atoms with Crippen LogP contribution < -0.4 is 25.0 Å². The summed E-state index contributed by atoms with van der Waals surface area (Å²) in [5.74, 6) is 2.54. The van der Waals surface area contributed by atoms with Crippen molar-refractivity contribution in [3.63, 3.8) is 0 Å². The minimum absolute atomic E-state index is 0.229. The molecule has 0 radical (unpaired) electrons. The molecule has 0 saturated carbocycles. The van der Waals surface area contributed by atoms with Gasteiger partial charge in [-0.25, -0.2) is 4.98 Å². The predicted octanol–water partition coefficient (Wildman–Crippen LogP) is 4.80. The number of carbonyl (C=O) groups excluding carboxylic acids is 1. The van der Waals surface area contributed by atoms with Crippen LogP contribution in [0.15, 0.2) is 54.6 Å². The zero-order valence-corrected chi connectivity index (χ0v) is 19.7. The Balaban J connectivity index is 1.36. The zero-order valence-electron chi connectivity index (χ0n) is 19.7. The van der Waals surface area contributed by atoms with Crippen molar-refractivity contribution >= 4 is 35.1 Å². The Morgan fingerprint density at radius 2 is 1.65 bits per heavy atom. The molecule has 1 fully saturated rings. The Bertz CT molecular complexity index is 1170. The minimum atomic E-state index is -0.229. The quantitative estimate of drug-likeness (QED) is 0.468. The number of benzene rings is 2. The summed E-state index contributed by atoms with van der Waals surface area (Å²) in [5.41, 5.74) is 3.29. The van der Waals surface area contributed by atoms with Crippen molar-refractivity contribution < 1.29 is 14.3 Å². The van der Waals surface area contributed by atoms with E-state index >= 15 is 0 Å². The third-order valence-corrected chi connectivity index (χ3v) is 5.51. The fourth-order valence-corrected chi connectivity index (χ4v) is 3.79. The van der Waals surface area contributed by atoms with E-state index in [-0.39, 0.29) is 5.91 Å². The van der Waals surface area contributed by atoms with Crippen molar-refractivity contribution in [1.82, 2.24) is 9.97 Å². The fraction of sp³-hybridized carbons (Fsp3) is 0.269. The first kappa shape index (κ1) is 23.1. The van der Waals surface area contributed by atoms with Gasteiger partial charge in [0.2, 0.25) is 11.9 Å². The average Bonchev–Trinajstić information content (AvgIpc) is 3.39. The van der Waals surface area contributed by atoms with Gasteiger partial charge in [0.25, 0.3) is 0 Å². The van der Waals surface area contributed by atoms with E-state index in [9.17, 15) is 4.79 Å². The van der Waals surface area contributed by atoms with Crippen LogP contribution in [0.4, 0.5) is 23.1 Å². The molecule has 176 valence electrons. The average molecular weight is 460 g/mol. The van der Waals surface area contributed by atoms with Crippen LogP contribution in [0.5, 0.6) is 11.5 Å². The summed E-state index contributed by atoms with van der Waals surface area (Å²) >= 11 is 0. The molecule has 0 spiro atoms. The maximum atomic E-state index is 12.3.